The minimum Gasteiger partial charge on any atom is -0.504 e. The van der Waals surface area contributed by atoms with E-state index in [0.717, 1.165) is 11.3 Å². The van der Waals surface area contributed by atoms with E-state index in [4.69, 9.17) is 18.9 Å². The Morgan fingerprint density at radius 2 is 1.57 bits per heavy atom. The van der Waals surface area contributed by atoms with Crippen molar-refractivity contribution in [1.29, 1.82) is 0 Å². The molecule has 4 rings (SSSR count). The molecule has 0 radical (unpaired) electrons. The summed E-state index contributed by atoms with van der Waals surface area (Å²) in [5, 5.41) is 13.7. The number of ether oxygens (including phenoxy) is 4. The number of ketones is 1. The Kier molecular flexibility index (Phi) is 6.73. The summed E-state index contributed by atoms with van der Waals surface area (Å²) in [5.41, 5.74) is 3.78. The van der Waals surface area contributed by atoms with Gasteiger partial charge in [0.05, 0.1) is 34.0 Å². The van der Waals surface area contributed by atoms with Crippen LogP contribution in [0.25, 0.3) is 0 Å². The fourth-order valence-electron chi connectivity index (χ4n) is 4.98. The van der Waals surface area contributed by atoms with Crippen LogP contribution in [0.3, 0.4) is 0 Å². The fourth-order valence-corrected chi connectivity index (χ4v) is 4.98. The zero-order valence-electron chi connectivity index (χ0n) is 20.4. The summed E-state index contributed by atoms with van der Waals surface area (Å²) in [7, 11) is 5.93. The van der Waals surface area contributed by atoms with E-state index in [1.165, 1.54) is 20.3 Å². The number of benzene rings is 2. The number of phenols is 1. The van der Waals surface area contributed by atoms with E-state index in [1.807, 2.05) is 18.2 Å². The molecule has 0 unspecified atom stereocenters. The van der Waals surface area contributed by atoms with Gasteiger partial charge in [-0.05, 0) is 54.7 Å². The Morgan fingerprint density at radius 3 is 2.20 bits per heavy atom. The van der Waals surface area contributed by atoms with E-state index in [-0.39, 0.29) is 23.9 Å². The molecule has 0 amide bonds. The fraction of sp³-hybridized carbons (Fsp3) is 0.333. The summed E-state index contributed by atoms with van der Waals surface area (Å²) in [6.07, 6.45) is 0.836. The predicted molar refractivity (Wildman–Crippen MR) is 129 cm³/mol. The molecule has 0 saturated carbocycles. The van der Waals surface area contributed by atoms with Crippen molar-refractivity contribution in [2.75, 3.05) is 28.4 Å². The van der Waals surface area contributed by atoms with Crippen LogP contribution in [0.5, 0.6) is 23.0 Å². The quantitative estimate of drug-likeness (QED) is 0.601. The molecular formula is C27H29NO7. The number of methoxy groups -OCH3 is 4. The molecule has 0 spiro atoms. The molecule has 2 aliphatic rings. The van der Waals surface area contributed by atoms with E-state index in [2.05, 4.69) is 5.32 Å². The number of dihydropyridines is 1. The molecule has 2 N–H and O–H groups in total. The highest BCUT2D eigenvalue weighted by molar-refractivity contribution is 6.04. The largest absolute Gasteiger partial charge is 0.504 e. The predicted octanol–water partition coefficient (Wildman–Crippen LogP) is 3.95. The van der Waals surface area contributed by atoms with Crippen LogP contribution in [0, 0.1) is 0 Å². The molecule has 8 nitrogen and oxygen atoms in total. The second kappa shape index (κ2) is 9.74. The standard InChI is InChI=1S/C27H29NO7/c1-14-24(27(31)35-5)25(16-7-8-21(32-2)19(29)11-16)26-18(28-14)10-17(12-20(26)30)15-6-9-22(33-3)23(13-15)34-4/h6-9,11,13,17,25,28-29H,10,12H2,1-5H3/t17-,25+/m1/s1. The number of hydrogen-bond acceptors (Lipinski definition) is 8. The highest BCUT2D eigenvalue weighted by atomic mass is 16.5. The van der Waals surface area contributed by atoms with E-state index in [1.54, 1.807) is 33.3 Å². The normalized spacial score (nSPS) is 19.6. The molecule has 1 aliphatic heterocycles. The maximum Gasteiger partial charge on any atom is 0.336 e. The van der Waals surface area contributed by atoms with Gasteiger partial charge in [0.1, 0.15) is 0 Å². The van der Waals surface area contributed by atoms with Crippen molar-refractivity contribution in [3.05, 3.63) is 70.1 Å². The third-order valence-electron chi connectivity index (χ3n) is 6.65. The Bertz CT molecular complexity index is 1240. The van der Waals surface area contributed by atoms with Crippen molar-refractivity contribution in [2.24, 2.45) is 0 Å². The number of esters is 1. The van der Waals surface area contributed by atoms with Crippen molar-refractivity contribution in [3.63, 3.8) is 0 Å². The van der Waals surface area contributed by atoms with E-state index >= 15 is 0 Å². The summed E-state index contributed by atoms with van der Waals surface area (Å²) < 4.78 is 21.0. The van der Waals surface area contributed by atoms with Crippen LogP contribution in [-0.2, 0) is 14.3 Å². The van der Waals surface area contributed by atoms with Crippen molar-refractivity contribution in [3.8, 4) is 23.0 Å². The average Bonchev–Trinajstić information content (AvgIpc) is 2.86. The minimum absolute atomic E-state index is 0.0704. The van der Waals surface area contributed by atoms with Gasteiger partial charge < -0.3 is 29.4 Å². The maximum absolute atomic E-state index is 13.6. The third-order valence-corrected chi connectivity index (χ3v) is 6.65. The van der Waals surface area contributed by atoms with Crippen LogP contribution in [-0.4, -0.2) is 45.3 Å². The van der Waals surface area contributed by atoms with Crippen LogP contribution in [0.4, 0.5) is 0 Å². The number of carbonyl (C=O) groups is 2. The highest BCUT2D eigenvalue weighted by Gasteiger charge is 2.41. The molecule has 0 fully saturated rings. The van der Waals surface area contributed by atoms with Gasteiger partial charge in [-0.3, -0.25) is 4.79 Å². The first-order valence-electron chi connectivity index (χ1n) is 11.2. The number of rotatable bonds is 6. The average molecular weight is 480 g/mol. The summed E-state index contributed by atoms with van der Waals surface area (Å²) in [6.45, 7) is 1.79. The Labute approximate surface area is 204 Å². The Morgan fingerprint density at radius 1 is 0.914 bits per heavy atom. The van der Waals surface area contributed by atoms with Crippen molar-refractivity contribution in [2.45, 2.75) is 31.6 Å². The maximum atomic E-state index is 13.6. The van der Waals surface area contributed by atoms with Crippen LogP contribution in [0.2, 0.25) is 0 Å². The first kappa shape index (κ1) is 24.2. The number of nitrogens with one attached hydrogen (secondary N) is 1. The van der Waals surface area contributed by atoms with Gasteiger partial charge in [0, 0.05) is 29.3 Å². The van der Waals surface area contributed by atoms with Gasteiger partial charge in [0.15, 0.2) is 28.8 Å². The molecule has 1 heterocycles. The van der Waals surface area contributed by atoms with Gasteiger partial charge >= 0.3 is 5.97 Å². The Balaban J connectivity index is 1.79. The van der Waals surface area contributed by atoms with Gasteiger partial charge in [-0.2, -0.15) is 0 Å². The summed E-state index contributed by atoms with van der Waals surface area (Å²) in [5.74, 6) is 0.101. The number of phenolic OH excluding ortho intramolecular Hbond substituents is 1. The third kappa shape index (κ3) is 4.32. The molecule has 8 heteroatoms. The lowest BCUT2D eigenvalue weighted by molar-refractivity contribution is -0.136. The lowest BCUT2D eigenvalue weighted by Gasteiger charge is -2.36. The molecule has 0 saturated heterocycles. The minimum atomic E-state index is -0.672. The van der Waals surface area contributed by atoms with Crippen LogP contribution < -0.4 is 19.5 Å². The molecule has 2 atom stereocenters. The number of allylic oxidation sites excluding steroid dienone is 3. The highest BCUT2D eigenvalue weighted by Crippen LogP contribution is 2.47. The van der Waals surface area contributed by atoms with Crippen LogP contribution in [0.1, 0.15) is 42.7 Å². The number of hydrogen-bond donors (Lipinski definition) is 2. The van der Waals surface area contributed by atoms with Crippen molar-refractivity contribution >= 4 is 11.8 Å². The molecule has 184 valence electrons. The van der Waals surface area contributed by atoms with E-state index in [9.17, 15) is 14.7 Å². The van der Waals surface area contributed by atoms with Gasteiger partial charge in [-0.25, -0.2) is 4.79 Å². The van der Waals surface area contributed by atoms with Crippen molar-refractivity contribution in [1.82, 2.24) is 5.32 Å². The zero-order chi connectivity index (χ0) is 25.3. The van der Waals surface area contributed by atoms with Gasteiger partial charge in [-0.1, -0.05) is 12.1 Å². The van der Waals surface area contributed by atoms with E-state index < -0.39 is 11.9 Å². The number of aromatic hydroxyl groups is 1. The zero-order valence-corrected chi connectivity index (χ0v) is 20.4. The van der Waals surface area contributed by atoms with Gasteiger partial charge in [0.2, 0.25) is 0 Å². The Hall–Kier alpha value is -3.94. The monoisotopic (exact) mass is 479 g/mol. The second-order valence-electron chi connectivity index (χ2n) is 8.55. The summed E-state index contributed by atoms with van der Waals surface area (Å²) >= 11 is 0. The van der Waals surface area contributed by atoms with E-state index in [0.29, 0.717) is 46.1 Å². The first-order valence-corrected chi connectivity index (χ1v) is 11.2. The molecule has 1 aliphatic carbocycles. The summed E-state index contributed by atoms with van der Waals surface area (Å²) in [4.78, 5) is 26.4. The molecule has 2 aromatic rings. The van der Waals surface area contributed by atoms with Crippen LogP contribution in [0.15, 0.2) is 58.9 Å². The molecular weight excluding hydrogens is 450 g/mol. The lowest BCUT2D eigenvalue weighted by atomic mass is 9.71. The molecule has 35 heavy (non-hydrogen) atoms. The van der Waals surface area contributed by atoms with Crippen molar-refractivity contribution < 1.29 is 33.6 Å². The van der Waals surface area contributed by atoms with Gasteiger partial charge in [0.25, 0.3) is 0 Å². The topological polar surface area (TPSA) is 103 Å². The smallest absolute Gasteiger partial charge is 0.336 e. The summed E-state index contributed by atoms with van der Waals surface area (Å²) in [6, 6.07) is 10.6. The molecule has 0 bridgehead atoms. The van der Waals surface area contributed by atoms with Crippen LogP contribution >= 0.6 is 0 Å². The lowest BCUT2D eigenvalue weighted by Crippen LogP contribution is -2.36. The van der Waals surface area contributed by atoms with Gasteiger partial charge in [-0.15, -0.1) is 0 Å². The molecule has 0 aromatic heterocycles. The molecule has 2 aromatic carbocycles. The number of Topliss-reactive ketones (excluding diaryl/α,β-unsaturated/α-hetero) is 1. The SMILES string of the molecule is COC(=O)C1=C(C)NC2=C(C(=O)C[C@H](c3ccc(OC)c(OC)c3)C2)[C@H]1c1ccc(OC)c(O)c1. The second-order valence-corrected chi connectivity index (χ2v) is 8.55. The number of carbonyl (C=O) groups excluding carboxylic acids is 2. The first-order chi connectivity index (χ1) is 16.8.